The Morgan fingerprint density at radius 1 is 0.971 bits per heavy atom. The normalized spacial score (nSPS) is 11.7. The lowest BCUT2D eigenvalue weighted by molar-refractivity contribution is -0.117. The first-order valence-electron chi connectivity index (χ1n) is 11.2. The van der Waals surface area contributed by atoms with E-state index < -0.39 is 0 Å². The first-order valence-corrected chi connectivity index (χ1v) is 12.1. The molecular weight excluding hydrogens is 444 g/mol. The second kappa shape index (κ2) is 11.0. The quantitative estimate of drug-likeness (QED) is 0.308. The number of amides is 1. The van der Waals surface area contributed by atoms with Crippen molar-refractivity contribution in [1.29, 1.82) is 0 Å². The Kier molecular flexibility index (Phi) is 7.65. The molecule has 0 aliphatic carbocycles. The van der Waals surface area contributed by atoms with Gasteiger partial charge in [0.05, 0.1) is 17.9 Å². The third-order valence-electron chi connectivity index (χ3n) is 5.64. The maximum atomic E-state index is 13.1. The number of aromatic nitrogens is 3. The van der Waals surface area contributed by atoms with Crippen molar-refractivity contribution in [1.82, 2.24) is 14.8 Å². The maximum absolute atomic E-state index is 13.1. The topological polar surface area (TPSA) is 60.3 Å². The van der Waals surface area contributed by atoms with Crippen LogP contribution in [0.4, 0.5) is 5.69 Å². The third-order valence-corrected chi connectivity index (χ3v) is 6.70. The van der Waals surface area contributed by atoms with Crippen molar-refractivity contribution >= 4 is 23.4 Å². The van der Waals surface area contributed by atoms with Crippen LogP contribution in [0.25, 0.3) is 11.4 Å². The molecule has 7 heteroatoms. The number of ether oxygens (including phenoxy) is 1. The third kappa shape index (κ3) is 5.31. The van der Waals surface area contributed by atoms with Gasteiger partial charge in [0.15, 0.2) is 11.0 Å². The Morgan fingerprint density at radius 3 is 2.32 bits per heavy atom. The minimum atomic E-state index is -0.338. The number of aryl methyl sites for hydroxylation is 1. The van der Waals surface area contributed by atoms with Gasteiger partial charge in [-0.2, -0.15) is 0 Å². The summed E-state index contributed by atoms with van der Waals surface area (Å²) in [6.45, 7) is 2.59. The van der Waals surface area contributed by atoms with Gasteiger partial charge >= 0.3 is 0 Å². The molecule has 1 amide bonds. The standard InChI is InChI=1S/C27H28N4O2S/c1-20(26(32)30(2)22-14-8-5-9-15-22)34-27-29-28-25(23-16-10-11-17-24(23)33-3)31(27)19-18-21-12-6-4-7-13-21/h4-17,20H,18-19H2,1-3H3. The summed E-state index contributed by atoms with van der Waals surface area (Å²) < 4.78 is 7.66. The van der Waals surface area contributed by atoms with Crippen LogP contribution in [0.2, 0.25) is 0 Å². The summed E-state index contributed by atoms with van der Waals surface area (Å²) in [4.78, 5) is 14.8. The van der Waals surface area contributed by atoms with E-state index in [9.17, 15) is 4.79 Å². The van der Waals surface area contributed by atoms with Crippen LogP contribution in [0, 0.1) is 0 Å². The molecule has 4 rings (SSSR count). The number of carbonyl (C=O) groups is 1. The highest BCUT2D eigenvalue weighted by Crippen LogP contribution is 2.33. The van der Waals surface area contributed by atoms with Gasteiger partial charge in [-0.3, -0.25) is 4.79 Å². The van der Waals surface area contributed by atoms with Crippen molar-refractivity contribution in [2.75, 3.05) is 19.1 Å². The first kappa shape index (κ1) is 23.6. The number of nitrogens with zero attached hydrogens (tertiary/aromatic N) is 4. The SMILES string of the molecule is COc1ccccc1-c1nnc(SC(C)C(=O)N(C)c2ccccc2)n1CCc1ccccc1. The number of rotatable bonds is 9. The summed E-state index contributed by atoms with van der Waals surface area (Å²) in [6.07, 6.45) is 0.820. The highest BCUT2D eigenvalue weighted by atomic mass is 32.2. The van der Waals surface area contributed by atoms with E-state index in [1.807, 2.05) is 79.7 Å². The molecule has 0 fully saturated rings. The molecule has 4 aromatic rings. The molecule has 1 atom stereocenters. The molecule has 0 saturated heterocycles. The summed E-state index contributed by atoms with van der Waals surface area (Å²) in [5, 5.41) is 9.36. The molecule has 174 valence electrons. The van der Waals surface area contributed by atoms with Gasteiger partial charge in [-0.15, -0.1) is 10.2 Å². The van der Waals surface area contributed by atoms with E-state index in [0.717, 1.165) is 29.2 Å². The molecule has 3 aromatic carbocycles. The van der Waals surface area contributed by atoms with Gasteiger partial charge < -0.3 is 14.2 Å². The summed E-state index contributed by atoms with van der Waals surface area (Å²) in [5.41, 5.74) is 2.96. The summed E-state index contributed by atoms with van der Waals surface area (Å²) in [7, 11) is 3.45. The van der Waals surface area contributed by atoms with E-state index in [0.29, 0.717) is 11.7 Å². The molecule has 1 heterocycles. The fourth-order valence-corrected chi connectivity index (χ4v) is 4.72. The van der Waals surface area contributed by atoms with Gasteiger partial charge in [0.1, 0.15) is 5.75 Å². The van der Waals surface area contributed by atoms with Crippen molar-refractivity contribution in [2.45, 2.75) is 30.3 Å². The van der Waals surface area contributed by atoms with Gasteiger partial charge in [0.25, 0.3) is 0 Å². The molecule has 0 aliphatic heterocycles. The molecule has 34 heavy (non-hydrogen) atoms. The van der Waals surface area contributed by atoms with Gasteiger partial charge in [0, 0.05) is 19.3 Å². The number of methoxy groups -OCH3 is 1. The first-order chi connectivity index (χ1) is 16.6. The summed E-state index contributed by atoms with van der Waals surface area (Å²) >= 11 is 1.42. The molecule has 0 radical (unpaired) electrons. The second-order valence-electron chi connectivity index (χ2n) is 7.89. The Morgan fingerprint density at radius 2 is 1.62 bits per heavy atom. The van der Waals surface area contributed by atoms with Crippen molar-refractivity contribution in [3.05, 3.63) is 90.5 Å². The fourth-order valence-electron chi connectivity index (χ4n) is 3.75. The minimum absolute atomic E-state index is 0.00708. The van der Waals surface area contributed by atoms with Crippen LogP contribution in [0.15, 0.2) is 90.1 Å². The van der Waals surface area contributed by atoms with Crippen LogP contribution in [-0.2, 0) is 17.8 Å². The monoisotopic (exact) mass is 472 g/mol. The number of carbonyl (C=O) groups excluding carboxylic acids is 1. The minimum Gasteiger partial charge on any atom is -0.496 e. The van der Waals surface area contributed by atoms with E-state index in [1.165, 1.54) is 17.3 Å². The Bertz CT molecular complexity index is 1230. The van der Waals surface area contributed by atoms with Crippen LogP contribution < -0.4 is 9.64 Å². The van der Waals surface area contributed by atoms with E-state index in [2.05, 4.69) is 26.9 Å². The Balaban J connectivity index is 1.62. The largest absolute Gasteiger partial charge is 0.496 e. The Hall–Kier alpha value is -3.58. The lowest BCUT2D eigenvalue weighted by Gasteiger charge is -2.21. The average Bonchev–Trinajstić information content (AvgIpc) is 3.29. The van der Waals surface area contributed by atoms with Crippen molar-refractivity contribution < 1.29 is 9.53 Å². The van der Waals surface area contributed by atoms with Crippen LogP contribution in [0.1, 0.15) is 12.5 Å². The second-order valence-corrected chi connectivity index (χ2v) is 9.19. The van der Waals surface area contributed by atoms with Crippen LogP contribution in [0.5, 0.6) is 5.75 Å². The van der Waals surface area contributed by atoms with Gasteiger partial charge in [-0.05, 0) is 43.2 Å². The molecule has 1 unspecified atom stereocenters. The van der Waals surface area contributed by atoms with Crippen molar-refractivity contribution in [2.24, 2.45) is 0 Å². The number of hydrogen-bond acceptors (Lipinski definition) is 5. The summed E-state index contributed by atoms with van der Waals surface area (Å²) in [6, 6.07) is 27.8. The maximum Gasteiger partial charge on any atom is 0.240 e. The molecule has 6 nitrogen and oxygen atoms in total. The molecule has 0 aliphatic rings. The predicted octanol–water partition coefficient (Wildman–Crippen LogP) is 5.34. The smallest absolute Gasteiger partial charge is 0.240 e. The lowest BCUT2D eigenvalue weighted by Crippen LogP contribution is -2.33. The van der Waals surface area contributed by atoms with Crippen LogP contribution >= 0.6 is 11.8 Å². The van der Waals surface area contributed by atoms with Crippen LogP contribution in [-0.4, -0.2) is 40.1 Å². The molecule has 0 saturated carbocycles. The molecule has 0 bridgehead atoms. The number of thioether (sulfide) groups is 1. The van der Waals surface area contributed by atoms with E-state index in [4.69, 9.17) is 4.74 Å². The Labute approximate surface area is 204 Å². The zero-order valence-corrected chi connectivity index (χ0v) is 20.4. The molecule has 0 N–H and O–H groups in total. The zero-order valence-electron chi connectivity index (χ0n) is 19.6. The lowest BCUT2D eigenvalue weighted by atomic mass is 10.1. The number of hydrogen-bond donors (Lipinski definition) is 0. The molecule has 0 spiro atoms. The van der Waals surface area contributed by atoms with Crippen molar-refractivity contribution in [3.8, 4) is 17.1 Å². The predicted molar refractivity (Wildman–Crippen MR) is 137 cm³/mol. The van der Waals surface area contributed by atoms with Gasteiger partial charge in [0.2, 0.25) is 5.91 Å². The van der Waals surface area contributed by atoms with Crippen molar-refractivity contribution in [3.63, 3.8) is 0 Å². The van der Waals surface area contributed by atoms with Crippen LogP contribution in [0.3, 0.4) is 0 Å². The highest BCUT2D eigenvalue weighted by molar-refractivity contribution is 8.00. The number of para-hydroxylation sites is 2. The van der Waals surface area contributed by atoms with Gasteiger partial charge in [-0.1, -0.05) is 72.4 Å². The van der Waals surface area contributed by atoms with E-state index in [-0.39, 0.29) is 11.2 Å². The summed E-state index contributed by atoms with van der Waals surface area (Å²) in [5.74, 6) is 1.47. The number of benzene rings is 3. The molecular formula is C27H28N4O2S. The fraction of sp³-hybridized carbons (Fsp3) is 0.222. The zero-order chi connectivity index (χ0) is 23.9. The number of anilines is 1. The van der Waals surface area contributed by atoms with Gasteiger partial charge in [-0.25, -0.2) is 0 Å². The van der Waals surface area contributed by atoms with E-state index in [1.54, 1.807) is 19.1 Å². The average molecular weight is 473 g/mol. The van der Waals surface area contributed by atoms with E-state index >= 15 is 0 Å². The molecule has 1 aromatic heterocycles. The highest BCUT2D eigenvalue weighted by Gasteiger charge is 2.24.